The second-order valence-electron chi connectivity index (χ2n) is 8.80. The summed E-state index contributed by atoms with van der Waals surface area (Å²) in [4.78, 5) is 22.3. The van der Waals surface area contributed by atoms with Gasteiger partial charge in [-0.05, 0) is 63.4 Å². The lowest BCUT2D eigenvalue weighted by Gasteiger charge is -2.30. The van der Waals surface area contributed by atoms with E-state index >= 15 is 0 Å². The number of fused-ring (bicyclic) bond motifs is 2. The Kier molecular flexibility index (Phi) is 6.58. The van der Waals surface area contributed by atoms with Crippen LogP contribution in [-0.2, 0) is 13.0 Å². The lowest BCUT2D eigenvalue weighted by molar-refractivity contribution is 0.0939. The summed E-state index contributed by atoms with van der Waals surface area (Å²) in [7, 11) is 0. The van der Waals surface area contributed by atoms with Crippen molar-refractivity contribution in [2.75, 3.05) is 24.5 Å². The van der Waals surface area contributed by atoms with Crippen LogP contribution in [0.5, 0.6) is 0 Å². The van der Waals surface area contributed by atoms with E-state index in [2.05, 4.69) is 67.1 Å². The molecule has 3 aromatic rings. The van der Waals surface area contributed by atoms with E-state index in [1.807, 2.05) is 18.2 Å². The summed E-state index contributed by atoms with van der Waals surface area (Å²) in [6.45, 7) is 12.1. The van der Waals surface area contributed by atoms with Crippen molar-refractivity contribution in [2.45, 2.75) is 52.7 Å². The SMILES string of the molecule is CC(C)N(CCNC(=O)c1ccc2nc(N3CCc4ccccc4C3)sc2c1)C(C)C. The first kappa shape index (κ1) is 21.8. The van der Waals surface area contributed by atoms with Crippen molar-refractivity contribution in [2.24, 2.45) is 0 Å². The second kappa shape index (κ2) is 9.37. The summed E-state index contributed by atoms with van der Waals surface area (Å²) in [6.07, 6.45) is 1.05. The van der Waals surface area contributed by atoms with Crippen LogP contribution in [0.25, 0.3) is 10.2 Å². The van der Waals surface area contributed by atoms with Gasteiger partial charge in [0, 0.05) is 43.8 Å². The summed E-state index contributed by atoms with van der Waals surface area (Å²) in [5.74, 6) is -0.0174. The quantitative estimate of drug-likeness (QED) is 0.583. The molecule has 4 rings (SSSR count). The molecule has 1 aliphatic heterocycles. The van der Waals surface area contributed by atoms with E-state index in [9.17, 15) is 4.79 Å². The molecule has 0 saturated carbocycles. The first-order valence-corrected chi connectivity index (χ1v) is 12.0. The fraction of sp³-hybridized carbons (Fsp3) is 0.440. The maximum Gasteiger partial charge on any atom is 0.251 e. The van der Waals surface area contributed by atoms with E-state index in [0.29, 0.717) is 24.2 Å². The zero-order chi connectivity index (χ0) is 22.0. The Labute approximate surface area is 189 Å². The van der Waals surface area contributed by atoms with E-state index in [1.54, 1.807) is 11.3 Å². The molecule has 0 bridgehead atoms. The molecule has 2 aromatic carbocycles. The zero-order valence-electron chi connectivity index (χ0n) is 18.9. The highest BCUT2D eigenvalue weighted by Crippen LogP contribution is 2.32. The molecule has 5 nitrogen and oxygen atoms in total. The van der Waals surface area contributed by atoms with Crippen molar-refractivity contribution in [3.8, 4) is 0 Å². The van der Waals surface area contributed by atoms with Crippen LogP contribution in [-0.4, -0.2) is 47.5 Å². The standard InChI is InChI=1S/C25H32N4OS/c1-17(2)29(18(3)4)14-12-26-24(30)20-9-10-22-23(15-20)31-25(27-22)28-13-11-19-7-5-6-8-21(19)16-28/h5-10,15,17-18H,11-14,16H2,1-4H3,(H,26,30). The third-order valence-electron chi connectivity index (χ3n) is 6.02. The second-order valence-corrected chi connectivity index (χ2v) is 9.81. The Morgan fingerprint density at radius 3 is 2.61 bits per heavy atom. The fourth-order valence-corrected chi connectivity index (χ4v) is 5.39. The summed E-state index contributed by atoms with van der Waals surface area (Å²) >= 11 is 1.67. The minimum atomic E-state index is -0.0174. The molecule has 0 saturated heterocycles. The predicted molar refractivity (Wildman–Crippen MR) is 130 cm³/mol. The van der Waals surface area contributed by atoms with E-state index in [1.165, 1.54) is 11.1 Å². The molecule has 1 amide bonds. The third-order valence-corrected chi connectivity index (χ3v) is 7.10. The zero-order valence-corrected chi connectivity index (χ0v) is 19.7. The van der Waals surface area contributed by atoms with Crippen LogP contribution in [0.4, 0.5) is 5.13 Å². The van der Waals surface area contributed by atoms with Gasteiger partial charge in [-0.25, -0.2) is 4.98 Å². The molecular formula is C25H32N4OS. The number of carbonyl (C=O) groups is 1. The number of nitrogens with zero attached hydrogens (tertiary/aromatic N) is 3. The van der Waals surface area contributed by atoms with Gasteiger partial charge in [-0.1, -0.05) is 35.6 Å². The molecule has 2 heterocycles. The fourth-order valence-electron chi connectivity index (χ4n) is 4.36. The molecule has 6 heteroatoms. The molecule has 164 valence electrons. The minimum Gasteiger partial charge on any atom is -0.351 e. The average Bonchev–Trinajstić information content (AvgIpc) is 3.19. The monoisotopic (exact) mass is 436 g/mol. The maximum absolute atomic E-state index is 12.7. The molecule has 1 aliphatic rings. The molecule has 31 heavy (non-hydrogen) atoms. The van der Waals surface area contributed by atoms with E-state index < -0.39 is 0 Å². The topological polar surface area (TPSA) is 48.5 Å². The minimum absolute atomic E-state index is 0.0174. The number of anilines is 1. The number of carbonyl (C=O) groups excluding carboxylic acids is 1. The first-order valence-electron chi connectivity index (χ1n) is 11.2. The van der Waals surface area contributed by atoms with Gasteiger partial charge in [0.2, 0.25) is 0 Å². The third kappa shape index (κ3) is 4.91. The average molecular weight is 437 g/mol. The van der Waals surface area contributed by atoms with Crippen LogP contribution >= 0.6 is 11.3 Å². The van der Waals surface area contributed by atoms with Crippen LogP contribution in [0.15, 0.2) is 42.5 Å². The number of hydrogen-bond acceptors (Lipinski definition) is 5. The molecule has 0 spiro atoms. The van der Waals surface area contributed by atoms with Crippen molar-refractivity contribution in [1.82, 2.24) is 15.2 Å². The number of benzene rings is 2. The summed E-state index contributed by atoms with van der Waals surface area (Å²) in [5, 5.41) is 4.11. The van der Waals surface area contributed by atoms with Crippen molar-refractivity contribution in [3.63, 3.8) is 0 Å². The highest BCUT2D eigenvalue weighted by Gasteiger charge is 2.20. The van der Waals surface area contributed by atoms with Gasteiger partial charge in [-0.2, -0.15) is 0 Å². The van der Waals surface area contributed by atoms with Gasteiger partial charge in [0.05, 0.1) is 10.2 Å². The number of amides is 1. The normalized spacial score (nSPS) is 14.0. The van der Waals surface area contributed by atoms with Gasteiger partial charge in [-0.15, -0.1) is 0 Å². The lowest BCUT2D eigenvalue weighted by atomic mass is 10.0. The first-order chi connectivity index (χ1) is 14.9. The lowest BCUT2D eigenvalue weighted by Crippen LogP contribution is -2.42. The van der Waals surface area contributed by atoms with Gasteiger partial charge in [0.1, 0.15) is 0 Å². The number of hydrogen-bond donors (Lipinski definition) is 1. The summed E-state index contributed by atoms with van der Waals surface area (Å²) < 4.78 is 1.06. The van der Waals surface area contributed by atoms with Crippen LogP contribution in [0.3, 0.4) is 0 Å². The molecular weight excluding hydrogens is 404 g/mol. The van der Waals surface area contributed by atoms with E-state index in [4.69, 9.17) is 4.98 Å². The summed E-state index contributed by atoms with van der Waals surface area (Å²) in [5.41, 5.74) is 4.48. The van der Waals surface area contributed by atoms with Crippen LogP contribution in [0.1, 0.15) is 49.2 Å². The Balaban J connectivity index is 1.42. The highest BCUT2D eigenvalue weighted by atomic mass is 32.1. The van der Waals surface area contributed by atoms with Gasteiger partial charge in [0.15, 0.2) is 5.13 Å². The molecule has 0 atom stereocenters. The maximum atomic E-state index is 12.7. The molecule has 0 radical (unpaired) electrons. The van der Waals surface area contributed by atoms with Gasteiger partial charge < -0.3 is 10.2 Å². The van der Waals surface area contributed by atoms with Crippen molar-refractivity contribution < 1.29 is 4.79 Å². The van der Waals surface area contributed by atoms with E-state index in [-0.39, 0.29) is 5.91 Å². The molecule has 0 unspecified atom stereocenters. The van der Waals surface area contributed by atoms with Crippen molar-refractivity contribution in [1.29, 1.82) is 0 Å². The Morgan fingerprint density at radius 2 is 1.87 bits per heavy atom. The molecule has 0 fully saturated rings. The van der Waals surface area contributed by atoms with Gasteiger partial charge >= 0.3 is 0 Å². The van der Waals surface area contributed by atoms with Crippen molar-refractivity contribution in [3.05, 3.63) is 59.2 Å². The highest BCUT2D eigenvalue weighted by molar-refractivity contribution is 7.22. The molecule has 0 aliphatic carbocycles. The van der Waals surface area contributed by atoms with E-state index in [0.717, 1.165) is 41.4 Å². The number of nitrogens with one attached hydrogen (secondary N) is 1. The smallest absolute Gasteiger partial charge is 0.251 e. The predicted octanol–water partition coefficient (Wildman–Crippen LogP) is 4.71. The number of aromatic nitrogens is 1. The number of rotatable bonds is 7. The molecule has 1 aromatic heterocycles. The van der Waals surface area contributed by atoms with Crippen LogP contribution in [0, 0.1) is 0 Å². The Hall–Kier alpha value is -2.44. The van der Waals surface area contributed by atoms with Crippen molar-refractivity contribution >= 4 is 32.6 Å². The van der Waals surface area contributed by atoms with Crippen LogP contribution < -0.4 is 10.2 Å². The van der Waals surface area contributed by atoms with Gasteiger partial charge in [0.25, 0.3) is 5.91 Å². The largest absolute Gasteiger partial charge is 0.351 e. The molecule has 1 N–H and O–H groups in total. The van der Waals surface area contributed by atoms with Gasteiger partial charge in [-0.3, -0.25) is 9.69 Å². The number of thiazole rings is 1. The Bertz CT molecular complexity index is 1050. The Morgan fingerprint density at radius 1 is 1.13 bits per heavy atom. The van der Waals surface area contributed by atoms with Crippen LogP contribution in [0.2, 0.25) is 0 Å². The summed E-state index contributed by atoms with van der Waals surface area (Å²) in [6, 6.07) is 15.4.